The second kappa shape index (κ2) is 11.0. The number of quaternary nitrogens is 1. The first-order chi connectivity index (χ1) is 9.35. The summed E-state index contributed by atoms with van der Waals surface area (Å²) in [6, 6.07) is 0.00130. The summed E-state index contributed by atoms with van der Waals surface area (Å²) in [7, 11) is 6.32. The lowest BCUT2D eigenvalue weighted by molar-refractivity contribution is -0.871. The minimum Gasteiger partial charge on any atom is -0.330 e. The van der Waals surface area contributed by atoms with Gasteiger partial charge in [-0.3, -0.25) is 4.79 Å². The molecule has 118 valence electrons. The summed E-state index contributed by atoms with van der Waals surface area (Å²) in [5.41, 5.74) is 6.01. The van der Waals surface area contributed by atoms with Gasteiger partial charge >= 0.3 is 0 Å². The van der Waals surface area contributed by atoms with Crippen molar-refractivity contribution in [3.63, 3.8) is 0 Å². The molecule has 0 aliphatic rings. The van der Waals surface area contributed by atoms with E-state index in [1.54, 1.807) is 0 Å². The van der Waals surface area contributed by atoms with Crippen LogP contribution in [0.1, 0.15) is 57.8 Å². The number of nitrogens with zero attached hydrogens (tertiary/aromatic N) is 1. The molecule has 0 aromatic heterocycles. The lowest BCUT2D eigenvalue weighted by Gasteiger charge is -2.27. The number of ketones is 1. The molecule has 2 N–H and O–H groups in total. The quantitative estimate of drug-likeness (QED) is 0.320. The van der Waals surface area contributed by atoms with E-state index in [0.717, 1.165) is 23.9 Å². The molecule has 0 saturated heterocycles. The Kier molecular flexibility index (Phi) is 10.7. The van der Waals surface area contributed by atoms with Gasteiger partial charge in [-0.1, -0.05) is 31.8 Å². The number of carbonyl (C=O) groups is 1. The summed E-state index contributed by atoms with van der Waals surface area (Å²) < 4.78 is 0.819. The summed E-state index contributed by atoms with van der Waals surface area (Å²) in [6.45, 7) is 4.58. The van der Waals surface area contributed by atoms with E-state index in [2.05, 4.69) is 27.7 Å². The number of rotatable bonds is 13. The highest BCUT2D eigenvalue weighted by Gasteiger charge is 2.16. The fourth-order valence-corrected chi connectivity index (χ4v) is 2.48. The third-order valence-corrected chi connectivity index (χ3v) is 3.39. The number of nitrogens with two attached hydrogens (primary N) is 1. The predicted octanol–water partition coefficient (Wildman–Crippen LogP) is 3.29. The van der Waals surface area contributed by atoms with Gasteiger partial charge < -0.3 is 10.2 Å². The molecule has 0 amide bonds. The molecule has 3 heteroatoms. The van der Waals surface area contributed by atoms with Crippen LogP contribution >= 0.6 is 0 Å². The largest absolute Gasteiger partial charge is 0.330 e. The zero-order valence-electron chi connectivity index (χ0n) is 13.9. The van der Waals surface area contributed by atoms with Crippen LogP contribution in [-0.2, 0) is 4.79 Å². The van der Waals surface area contributed by atoms with Crippen LogP contribution in [0.2, 0.25) is 0 Å². The standard InChI is InChI=1S/C17H35N2O/c1-5-6-7-8-9-10-11-12-13-17(20)14-16(18)15-19(2,3)4/h5,16H,1,6-15,18H2,2-4H3/q+1. The molecule has 0 saturated carbocycles. The Hall–Kier alpha value is -0.670. The maximum Gasteiger partial charge on any atom is 0.134 e. The molecule has 0 rings (SSSR count). The zero-order valence-corrected chi connectivity index (χ0v) is 13.9. The van der Waals surface area contributed by atoms with Crippen molar-refractivity contribution in [2.24, 2.45) is 5.73 Å². The van der Waals surface area contributed by atoms with Crippen molar-refractivity contribution in [2.45, 2.75) is 63.8 Å². The SMILES string of the molecule is C=CCCCCCCCCC(=O)CC(N)C[N+](C)(C)C. The third-order valence-electron chi connectivity index (χ3n) is 3.39. The monoisotopic (exact) mass is 283 g/mol. The minimum absolute atomic E-state index is 0.00130. The van der Waals surface area contributed by atoms with Crippen LogP contribution in [-0.4, -0.2) is 44.0 Å². The van der Waals surface area contributed by atoms with E-state index in [4.69, 9.17) is 5.73 Å². The van der Waals surface area contributed by atoms with Crippen LogP contribution in [0, 0.1) is 0 Å². The fourth-order valence-electron chi connectivity index (χ4n) is 2.48. The summed E-state index contributed by atoms with van der Waals surface area (Å²) in [6.07, 6.45) is 11.6. The molecule has 0 fully saturated rings. The van der Waals surface area contributed by atoms with Gasteiger partial charge in [-0.2, -0.15) is 0 Å². The molecule has 0 aliphatic carbocycles. The summed E-state index contributed by atoms with van der Waals surface area (Å²) in [5.74, 6) is 0.331. The van der Waals surface area contributed by atoms with Crippen molar-refractivity contribution >= 4 is 5.78 Å². The predicted molar refractivity (Wildman–Crippen MR) is 87.6 cm³/mol. The molecular formula is C17H35N2O+. The number of hydrogen-bond acceptors (Lipinski definition) is 2. The highest BCUT2D eigenvalue weighted by atomic mass is 16.1. The molecule has 0 spiro atoms. The van der Waals surface area contributed by atoms with Crippen molar-refractivity contribution in [1.82, 2.24) is 0 Å². The topological polar surface area (TPSA) is 43.1 Å². The number of hydrogen-bond donors (Lipinski definition) is 1. The zero-order chi connectivity index (χ0) is 15.4. The van der Waals surface area contributed by atoms with Gasteiger partial charge in [0.05, 0.1) is 33.7 Å². The van der Waals surface area contributed by atoms with Gasteiger partial charge in [0.1, 0.15) is 5.78 Å². The van der Waals surface area contributed by atoms with Crippen LogP contribution in [0.5, 0.6) is 0 Å². The normalized spacial score (nSPS) is 13.2. The van der Waals surface area contributed by atoms with Crippen molar-refractivity contribution in [2.75, 3.05) is 27.7 Å². The van der Waals surface area contributed by atoms with Crippen molar-refractivity contribution in [3.05, 3.63) is 12.7 Å². The average molecular weight is 283 g/mol. The van der Waals surface area contributed by atoms with Crippen LogP contribution < -0.4 is 5.73 Å². The highest BCUT2D eigenvalue weighted by molar-refractivity contribution is 5.78. The molecule has 1 atom stereocenters. The van der Waals surface area contributed by atoms with Gasteiger partial charge in [-0.15, -0.1) is 6.58 Å². The Balaban J connectivity index is 3.47. The van der Waals surface area contributed by atoms with Crippen molar-refractivity contribution in [3.8, 4) is 0 Å². The van der Waals surface area contributed by atoms with E-state index in [0.29, 0.717) is 18.6 Å². The maximum absolute atomic E-state index is 11.8. The molecular weight excluding hydrogens is 248 g/mol. The molecule has 0 radical (unpaired) electrons. The van der Waals surface area contributed by atoms with Gasteiger partial charge in [-0.05, 0) is 19.3 Å². The van der Waals surface area contributed by atoms with Crippen LogP contribution in [0.4, 0.5) is 0 Å². The number of Topliss-reactive ketones (excluding diaryl/α,β-unsaturated/α-hetero) is 1. The first-order valence-electron chi connectivity index (χ1n) is 8.04. The molecule has 0 heterocycles. The average Bonchev–Trinajstić information content (AvgIpc) is 2.30. The Bertz CT molecular complexity index is 269. The van der Waals surface area contributed by atoms with Crippen molar-refractivity contribution < 1.29 is 9.28 Å². The van der Waals surface area contributed by atoms with E-state index in [1.807, 2.05) is 6.08 Å². The minimum atomic E-state index is 0.00130. The third kappa shape index (κ3) is 13.8. The van der Waals surface area contributed by atoms with Crippen LogP contribution in [0.15, 0.2) is 12.7 Å². The second-order valence-corrected chi connectivity index (χ2v) is 6.92. The number of likely N-dealkylation sites (N-methyl/N-ethyl adjacent to an activating group) is 1. The van der Waals surface area contributed by atoms with E-state index in [9.17, 15) is 4.79 Å². The molecule has 20 heavy (non-hydrogen) atoms. The van der Waals surface area contributed by atoms with E-state index in [-0.39, 0.29) is 6.04 Å². The van der Waals surface area contributed by atoms with E-state index in [1.165, 1.54) is 32.1 Å². The number of carbonyl (C=O) groups excluding carboxylic acids is 1. The molecule has 1 unspecified atom stereocenters. The van der Waals surface area contributed by atoms with Crippen LogP contribution in [0.3, 0.4) is 0 Å². The Morgan fingerprint density at radius 1 is 1.10 bits per heavy atom. The first-order valence-corrected chi connectivity index (χ1v) is 8.04. The maximum atomic E-state index is 11.8. The van der Waals surface area contributed by atoms with Gasteiger partial charge in [0.25, 0.3) is 0 Å². The highest BCUT2D eigenvalue weighted by Crippen LogP contribution is 2.10. The Morgan fingerprint density at radius 3 is 2.20 bits per heavy atom. The second-order valence-electron chi connectivity index (χ2n) is 6.92. The smallest absolute Gasteiger partial charge is 0.134 e. The molecule has 0 aromatic rings. The van der Waals surface area contributed by atoms with Crippen molar-refractivity contribution in [1.29, 1.82) is 0 Å². The van der Waals surface area contributed by atoms with E-state index < -0.39 is 0 Å². The van der Waals surface area contributed by atoms with Gasteiger partial charge in [0, 0.05) is 12.8 Å². The van der Waals surface area contributed by atoms with Gasteiger partial charge in [0.2, 0.25) is 0 Å². The summed E-state index contributed by atoms with van der Waals surface area (Å²) >= 11 is 0. The summed E-state index contributed by atoms with van der Waals surface area (Å²) in [5, 5.41) is 0. The molecule has 0 aromatic carbocycles. The molecule has 3 nitrogen and oxygen atoms in total. The first kappa shape index (κ1) is 19.3. The lowest BCUT2D eigenvalue weighted by atomic mass is 10.0. The number of allylic oxidation sites excluding steroid dienone is 1. The fraction of sp³-hybridized carbons (Fsp3) is 0.824. The van der Waals surface area contributed by atoms with Gasteiger partial charge in [-0.25, -0.2) is 0 Å². The van der Waals surface area contributed by atoms with Crippen LogP contribution in [0.25, 0.3) is 0 Å². The summed E-state index contributed by atoms with van der Waals surface area (Å²) in [4.78, 5) is 11.8. The Morgan fingerprint density at radius 2 is 1.65 bits per heavy atom. The van der Waals surface area contributed by atoms with E-state index >= 15 is 0 Å². The van der Waals surface area contributed by atoms with Gasteiger partial charge in [0.15, 0.2) is 0 Å². The molecule has 0 aliphatic heterocycles. The number of unbranched alkanes of at least 4 members (excludes halogenated alkanes) is 6. The molecule has 0 bridgehead atoms. The Labute approximate surface area is 125 Å². The lowest BCUT2D eigenvalue weighted by Crippen LogP contribution is -2.45.